The van der Waals surface area contributed by atoms with Crippen molar-refractivity contribution in [1.29, 1.82) is 0 Å². The first-order chi connectivity index (χ1) is 24.1. The molecule has 1 aromatic heterocycles. The van der Waals surface area contributed by atoms with Crippen molar-refractivity contribution in [3.63, 3.8) is 0 Å². The van der Waals surface area contributed by atoms with Crippen LogP contribution in [0.2, 0.25) is 0 Å². The predicted molar refractivity (Wildman–Crippen MR) is 179 cm³/mol. The molecule has 1 aromatic carbocycles. The summed E-state index contributed by atoms with van der Waals surface area (Å²) in [4.78, 5) is 105. The topological polar surface area (TPSA) is 284 Å². The van der Waals surface area contributed by atoms with E-state index < -0.39 is 69.0 Å². The second kappa shape index (κ2) is 20.9. The van der Waals surface area contributed by atoms with Crippen molar-refractivity contribution in [3.05, 3.63) is 41.7 Å². The molecule has 0 aliphatic heterocycles. The van der Waals surface area contributed by atoms with Gasteiger partial charge in [0.15, 0.2) is 0 Å². The summed E-state index contributed by atoms with van der Waals surface area (Å²) in [6, 6.07) is 4.60. The Labute approximate surface area is 293 Å². The zero-order chi connectivity index (χ0) is 38.1. The summed E-state index contributed by atoms with van der Waals surface area (Å²) in [5.41, 5.74) is 0.330. The first kappa shape index (κ1) is 42.5. The fraction of sp³-hybridized carbons (Fsp3) is 0.484. The van der Waals surface area contributed by atoms with Crippen LogP contribution in [0.25, 0.3) is 11.3 Å². The molecule has 4 amide bonds. The summed E-state index contributed by atoms with van der Waals surface area (Å²) >= 11 is 0. The number of hydroxylamine groups is 2. The van der Waals surface area contributed by atoms with Gasteiger partial charge >= 0.3 is 170 Å². The van der Waals surface area contributed by atoms with Gasteiger partial charge in [-0.2, -0.15) is 0 Å². The van der Waals surface area contributed by atoms with Crippen LogP contribution in [-0.2, 0) is 28.5 Å². The van der Waals surface area contributed by atoms with Crippen LogP contribution in [0.5, 0.6) is 5.75 Å². The molecule has 8 N–H and O–H groups in total. The summed E-state index contributed by atoms with van der Waals surface area (Å²) in [5, 5.41) is 26.3. The third kappa shape index (κ3) is 13.9. The van der Waals surface area contributed by atoms with Crippen LogP contribution in [0.3, 0.4) is 0 Å². The molecule has 2 rings (SSSR count). The number of furan rings is 1. The number of carbonyl (C=O) groups is 6. The number of nitrogens with one attached hydrogen (secondary N) is 3. The molecule has 0 aliphatic carbocycles. The average molecular weight is 745 g/mol. The van der Waals surface area contributed by atoms with Gasteiger partial charge in [-0.05, 0) is 31.2 Å². The number of rotatable bonds is 24. The van der Waals surface area contributed by atoms with Gasteiger partial charge in [0.25, 0.3) is 5.91 Å². The summed E-state index contributed by atoms with van der Waals surface area (Å²) in [5.74, 6) is -5.67. The Kier molecular flexibility index (Phi) is 17.4. The molecule has 0 radical (unpaired) electrons. The van der Waals surface area contributed by atoms with E-state index in [1.54, 1.807) is 13.8 Å². The summed E-state index contributed by atoms with van der Waals surface area (Å²) in [6.45, 7) is 4.30. The Hall–Kier alpha value is -4.65. The number of carboxylic acids is 2. The van der Waals surface area contributed by atoms with Crippen molar-refractivity contribution in [1.82, 2.24) is 21.0 Å². The Morgan fingerprint density at radius 2 is 1.71 bits per heavy atom. The molecule has 0 unspecified atom stereocenters. The predicted octanol–water partition coefficient (Wildman–Crippen LogP) is 1.53. The molecular weight excluding hydrogens is 699 g/mol. The van der Waals surface area contributed by atoms with E-state index in [0.717, 1.165) is 17.9 Å². The maximum absolute atomic E-state index is 13.3. The summed E-state index contributed by atoms with van der Waals surface area (Å²) in [7, 11) is -4.90. The van der Waals surface area contributed by atoms with Crippen molar-refractivity contribution in [2.45, 2.75) is 71.4 Å². The van der Waals surface area contributed by atoms with Crippen molar-refractivity contribution in [2.24, 2.45) is 5.92 Å². The minimum absolute atomic E-state index is 0.0483. The fourth-order valence-electron chi connectivity index (χ4n) is 4.92. The van der Waals surface area contributed by atoms with Crippen molar-refractivity contribution < 1.29 is 72.2 Å². The van der Waals surface area contributed by atoms with E-state index in [2.05, 4.69) is 20.5 Å². The standard InChI is InChI=1S/C31H45N4O15P/c1-4-7-8-9-20(23(5-2)35(17-36)48-18-49-51(44,45)46)28(39)32-16-33-30(41)25-13-12-24(50-25)19-10-11-21(26(14-19)47-6-3)29(40)34-22(31(42)43)15-27(37)38/h10-14,17,20,22-23,44-46,51H,4-9,15-16,18H2,1-3H3,(H,32,39)(H,33,41)(H,34,40)(H,37,38)(H,42,43)/t20-,22+,23-/m1/s1. The zero-order valence-electron chi connectivity index (χ0n) is 28.3. The summed E-state index contributed by atoms with van der Waals surface area (Å²) < 4.78 is 15.6. The van der Waals surface area contributed by atoms with Gasteiger partial charge in [0.05, 0.1) is 18.6 Å². The average Bonchev–Trinajstić information content (AvgIpc) is 3.56. The van der Waals surface area contributed by atoms with Gasteiger partial charge in [0, 0.05) is 5.56 Å². The fourth-order valence-corrected chi connectivity index (χ4v) is 5.13. The number of benzene rings is 1. The van der Waals surface area contributed by atoms with Crippen LogP contribution in [0, 0.1) is 5.92 Å². The Morgan fingerprint density at radius 1 is 0.980 bits per heavy atom. The van der Waals surface area contributed by atoms with E-state index in [0.29, 0.717) is 24.8 Å². The van der Waals surface area contributed by atoms with E-state index in [9.17, 15) is 33.9 Å². The first-order valence-corrected chi connectivity index (χ1v) is 17.8. The van der Waals surface area contributed by atoms with Gasteiger partial charge in [-0.15, -0.1) is 0 Å². The maximum atomic E-state index is 13.3. The van der Waals surface area contributed by atoms with Crippen LogP contribution >= 0.6 is 8.17 Å². The number of carbonyl (C=O) groups excluding carboxylic acids is 4. The molecule has 0 saturated carbocycles. The Bertz CT molecular complexity index is 1500. The van der Waals surface area contributed by atoms with Gasteiger partial charge in [-0.3, -0.25) is 9.59 Å². The number of hydrogen-bond acceptors (Lipinski definition) is 13. The number of aliphatic carboxylic acids is 2. The van der Waals surface area contributed by atoms with Crippen LogP contribution in [0.15, 0.2) is 34.7 Å². The summed E-state index contributed by atoms with van der Waals surface area (Å²) in [6.07, 6.45) is 2.38. The minimum atomic E-state index is -4.90. The molecular formula is C31H45N4O15P. The van der Waals surface area contributed by atoms with Crippen LogP contribution in [0.1, 0.15) is 80.2 Å². The van der Waals surface area contributed by atoms with Gasteiger partial charge < -0.3 is 24.7 Å². The van der Waals surface area contributed by atoms with Gasteiger partial charge in [-0.1, -0.05) is 6.07 Å². The molecule has 2 aromatic rings. The molecule has 3 atom stereocenters. The molecule has 0 spiro atoms. The Morgan fingerprint density at radius 3 is 2.29 bits per heavy atom. The number of amides is 4. The van der Waals surface area contributed by atoms with E-state index in [4.69, 9.17) is 33.8 Å². The Balaban J connectivity index is 2.13. The van der Waals surface area contributed by atoms with Crippen molar-refractivity contribution in [3.8, 4) is 17.1 Å². The molecule has 51 heavy (non-hydrogen) atoms. The van der Waals surface area contributed by atoms with E-state index in [-0.39, 0.29) is 42.5 Å². The molecule has 1 heterocycles. The second-order valence-electron chi connectivity index (χ2n) is 11.0. The van der Waals surface area contributed by atoms with E-state index >= 15 is 0 Å². The van der Waals surface area contributed by atoms with E-state index in [1.165, 1.54) is 30.3 Å². The number of ether oxygens (including phenoxy) is 1. The van der Waals surface area contributed by atoms with Crippen LogP contribution in [0.4, 0.5) is 0 Å². The number of unbranched alkanes of at least 4 members (excludes halogenated alkanes) is 2. The van der Waals surface area contributed by atoms with Crippen LogP contribution in [-0.4, -0.2) is 98.2 Å². The number of nitrogens with zero attached hydrogens (tertiary/aromatic N) is 1. The zero-order valence-corrected chi connectivity index (χ0v) is 29.3. The quantitative estimate of drug-likeness (QED) is 0.0249. The van der Waals surface area contributed by atoms with Crippen molar-refractivity contribution in [2.75, 3.05) is 20.1 Å². The first-order valence-electron chi connectivity index (χ1n) is 16.0. The van der Waals surface area contributed by atoms with Crippen LogP contribution < -0.4 is 20.7 Å². The molecule has 0 aliphatic rings. The van der Waals surface area contributed by atoms with E-state index in [1.807, 2.05) is 6.92 Å². The molecule has 0 bridgehead atoms. The van der Waals surface area contributed by atoms with Gasteiger partial charge in [0.1, 0.15) is 17.6 Å². The molecule has 20 heteroatoms. The van der Waals surface area contributed by atoms with Crippen molar-refractivity contribution >= 4 is 44.2 Å². The number of hydrogen-bond donors (Lipinski definition) is 8. The van der Waals surface area contributed by atoms with Gasteiger partial charge in [0.2, 0.25) is 0 Å². The van der Waals surface area contributed by atoms with Gasteiger partial charge in [-0.25, -0.2) is 4.79 Å². The molecule has 19 nitrogen and oxygen atoms in total. The monoisotopic (exact) mass is 744 g/mol. The third-order valence-electron chi connectivity index (χ3n) is 7.36. The SMILES string of the molecule is CCCCC[C@@H](C(=O)NCNC(=O)c1ccc(-c2ccc(C(=O)N[C@@H](CC(=O)O)C(=O)O)c(OCC)c2)o1)[C@@H](CC)N(C=O)OCO[PH](O)(O)O. The number of carboxylic acid groups (broad SMARTS) is 2. The normalized spacial score (nSPS) is 13.3. The second-order valence-corrected chi connectivity index (χ2v) is 12.4. The third-order valence-corrected chi connectivity index (χ3v) is 7.86. The molecule has 284 valence electrons. The molecule has 0 saturated heterocycles. The molecule has 0 fully saturated rings.